The van der Waals surface area contributed by atoms with Crippen molar-refractivity contribution in [1.29, 1.82) is 0 Å². The van der Waals surface area contributed by atoms with Crippen molar-refractivity contribution < 1.29 is 19.0 Å². The minimum absolute atomic E-state index is 0.254. The number of aldehydes is 1. The number of rotatable bonds is 4. The van der Waals surface area contributed by atoms with Crippen LogP contribution in [0.15, 0.2) is 39.3 Å². The Morgan fingerprint density at radius 3 is 2.52 bits per heavy atom. The molecule has 1 aliphatic heterocycles. The van der Waals surface area contributed by atoms with Crippen molar-refractivity contribution >= 4 is 38.1 Å². The monoisotopic (exact) mass is 412 g/mol. The van der Waals surface area contributed by atoms with Crippen LogP contribution in [0, 0.1) is 0 Å². The van der Waals surface area contributed by atoms with E-state index in [0.29, 0.717) is 17.9 Å². The van der Waals surface area contributed by atoms with Crippen molar-refractivity contribution in [3.63, 3.8) is 0 Å². The van der Waals surface area contributed by atoms with Crippen molar-refractivity contribution in [3.8, 4) is 17.2 Å². The summed E-state index contributed by atoms with van der Waals surface area (Å²) in [4.78, 5) is 10.8. The Bertz CT molecular complexity index is 677. The number of ether oxygens (including phenoxy) is 3. The van der Waals surface area contributed by atoms with E-state index in [-0.39, 0.29) is 6.79 Å². The van der Waals surface area contributed by atoms with Crippen molar-refractivity contribution in [1.82, 2.24) is 0 Å². The van der Waals surface area contributed by atoms with Crippen LogP contribution in [0.3, 0.4) is 0 Å². The molecule has 0 unspecified atom stereocenters. The first-order valence-corrected chi connectivity index (χ1v) is 7.71. The Kier molecular flexibility index (Phi) is 4.17. The minimum atomic E-state index is 0.254. The molecule has 0 amide bonds. The fourth-order valence-electron chi connectivity index (χ4n) is 1.97. The number of benzene rings is 2. The first-order chi connectivity index (χ1) is 10.2. The van der Waals surface area contributed by atoms with E-state index in [2.05, 4.69) is 31.9 Å². The molecule has 1 aliphatic rings. The van der Waals surface area contributed by atoms with Gasteiger partial charge in [-0.15, -0.1) is 0 Å². The Hall–Kier alpha value is -1.53. The number of carbonyl (C=O) groups is 1. The van der Waals surface area contributed by atoms with Gasteiger partial charge in [0.2, 0.25) is 6.79 Å². The summed E-state index contributed by atoms with van der Waals surface area (Å²) in [7, 11) is 0. The van der Waals surface area contributed by atoms with Gasteiger partial charge in [-0.25, -0.2) is 0 Å². The van der Waals surface area contributed by atoms with Crippen molar-refractivity contribution in [2.75, 3.05) is 6.79 Å². The summed E-state index contributed by atoms with van der Waals surface area (Å²) < 4.78 is 17.9. The lowest BCUT2D eigenvalue weighted by Gasteiger charge is -2.11. The standard InChI is InChI=1S/C15H10Br2O4/c16-11-3-10(6-18)4-12(17)15(11)19-7-9-1-2-13-14(5-9)21-8-20-13/h1-6H,7-8H2. The zero-order valence-corrected chi connectivity index (χ0v) is 13.9. The highest BCUT2D eigenvalue weighted by Gasteiger charge is 2.14. The molecule has 0 saturated heterocycles. The summed E-state index contributed by atoms with van der Waals surface area (Å²) in [6, 6.07) is 9.11. The summed E-state index contributed by atoms with van der Waals surface area (Å²) in [5.41, 5.74) is 1.54. The quantitative estimate of drug-likeness (QED) is 0.699. The molecule has 0 atom stereocenters. The molecule has 108 valence electrons. The number of fused-ring (bicyclic) bond motifs is 1. The predicted octanol–water partition coefficient (Wildman–Crippen LogP) is 4.33. The number of carbonyl (C=O) groups excluding carboxylic acids is 1. The third kappa shape index (κ3) is 3.06. The van der Waals surface area contributed by atoms with Crippen LogP contribution in [0.2, 0.25) is 0 Å². The average Bonchev–Trinajstić information content (AvgIpc) is 2.93. The molecule has 0 radical (unpaired) electrons. The van der Waals surface area contributed by atoms with E-state index in [4.69, 9.17) is 14.2 Å². The van der Waals surface area contributed by atoms with E-state index in [9.17, 15) is 4.79 Å². The summed E-state index contributed by atoms with van der Waals surface area (Å²) >= 11 is 6.81. The van der Waals surface area contributed by atoms with Gasteiger partial charge in [-0.1, -0.05) is 6.07 Å². The van der Waals surface area contributed by atoms with Crippen LogP contribution in [-0.4, -0.2) is 13.1 Å². The van der Waals surface area contributed by atoms with Crippen LogP contribution in [0.5, 0.6) is 17.2 Å². The summed E-state index contributed by atoms with van der Waals surface area (Å²) in [5.74, 6) is 2.13. The topological polar surface area (TPSA) is 44.8 Å². The molecule has 0 bridgehead atoms. The molecule has 0 aromatic heterocycles. The zero-order valence-electron chi connectivity index (χ0n) is 10.8. The van der Waals surface area contributed by atoms with Gasteiger partial charge >= 0.3 is 0 Å². The van der Waals surface area contributed by atoms with Gasteiger partial charge in [0.25, 0.3) is 0 Å². The molecule has 2 aromatic carbocycles. The molecule has 21 heavy (non-hydrogen) atoms. The number of hydrogen-bond donors (Lipinski definition) is 0. The molecule has 0 saturated carbocycles. The van der Waals surface area contributed by atoms with Crippen LogP contribution >= 0.6 is 31.9 Å². The van der Waals surface area contributed by atoms with Gasteiger partial charge in [0.1, 0.15) is 18.6 Å². The zero-order chi connectivity index (χ0) is 14.8. The lowest BCUT2D eigenvalue weighted by Crippen LogP contribution is -1.98. The van der Waals surface area contributed by atoms with Gasteiger partial charge in [0, 0.05) is 5.56 Å². The van der Waals surface area contributed by atoms with Crippen LogP contribution in [0.25, 0.3) is 0 Å². The van der Waals surface area contributed by atoms with E-state index in [1.165, 1.54) is 0 Å². The van der Waals surface area contributed by atoms with E-state index in [1.807, 2.05) is 18.2 Å². The van der Waals surface area contributed by atoms with Gasteiger partial charge < -0.3 is 14.2 Å². The van der Waals surface area contributed by atoms with E-state index in [0.717, 1.165) is 32.3 Å². The molecule has 4 nitrogen and oxygen atoms in total. The molecule has 2 aromatic rings. The lowest BCUT2D eigenvalue weighted by atomic mass is 10.2. The Morgan fingerprint density at radius 2 is 1.81 bits per heavy atom. The molecule has 6 heteroatoms. The van der Waals surface area contributed by atoms with Crippen LogP contribution < -0.4 is 14.2 Å². The maximum Gasteiger partial charge on any atom is 0.231 e. The van der Waals surface area contributed by atoms with E-state index < -0.39 is 0 Å². The number of hydrogen-bond acceptors (Lipinski definition) is 4. The normalized spacial score (nSPS) is 12.3. The highest BCUT2D eigenvalue weighted by atomic mass is 79.9. The third-order valence-electron chi connectivity index (χ3n) is 2.98. The first kappa shape index (κ1) is 14.4. The van der Waals surface area contributed by atoms with Crippen LogP contribution in [0.4, 0.5) is 0 Å². The third-order valence-corrected chi connectivity index (χ3v) is 4.15. The highest BCUT2D eigenvalue weighted by Crippen LogP contribution is 2.36. The van der Waals surface area contributed by atoms with Gasteiger partial charge in [0.05, 0.1) is 8.95 Å². The van der Waals surface area contributed by atoms with E-state index >= 15 is 0 Å². The van der Waals surface area contributed by atoms with Gasteiger partial charge in [-0.05, 0) is 61.7 Å². The van der Waals surface area contributed by atoms with Gasteiger partial charge in [-0.3, -0.25) is 4.79 Å². The fraction of sp³-hybridized carbons (Fsp3) is 0.133. The highest BCUT2D eigenvalue weighted by molar-refractivity contribution is 9.11. The maximum atomic E-state index is 10.8. The molecule has 0 spiro atoms. The van der Waals surface area contributed by atoms with Gasteiger partial charge in [-0.2, -0.15) is 0 Å². The first-order valence-electron chi connectivity index (χ1n) is 6.13. The SMILES string of the molecule is O=Cc1cc(Br)c(OCc2ccc3c(c2)OCO3)c(Br)c1. The Labute approximate surface area is 138 Å². The van der Waals surface area contributed by atoms with Gasteiger partial charge in [0.15, 0.2) is 11.5 Å². The summed E-state index contributed by atoms with van der Waals surface area (Å²) in [6.07, 6.45) is 0.789. The molecule has 0 fully saturated rings. The minimum Gasteiger partial charge on any atom is -0.487 e. The lowest BCUT2D eigenvalue weighted by molar-refractivity contribution is 0.112. The van der Waals surface area contributed by atoms with Crippen molar-refractivity contribution in [2.24, 2.45) is 0 Å². The Morgan fingerprint density at radius 1 is 1.10 bits per heavy atom. The van der Waals surface area contributed by atoms with Crippen molar-refractivity contribution in [3.05, 3.63) is 50.4 Å². The van der Waals surface area contributed by atoms with Crippen molar-refractivity contribution in [2.45, 2.75) is 6.61 Å². The Balaban J connectivity index is 1.77. The number of halogens is 2. The smallest absolute Gasteiger partial charge is 0.231 e. The van der Waals surface area contributed by atoms with Crippen LogP contribution in [-0.2, 0) is 6.61 Å². The largest absolute Gasteiger partial charge is 0.487 e. The van der Waals surface area contributed by atoms with Crippen LogP contribution in [0.1, 0.15) is 15.9 Å². The molecule has 0 N–H and O–H groups in total. The molecule has 1 heterocycles. The van der Waals surface area contributed by atoms with E-state index in [1.54, 1.807) is 12.1 Å². The molecular formula is C15H10Br2O4. The summed E-state index contributed by atoms with van der Waals surface area (Å²) in [6.45, 7) is 0.637. The summed E-state index contributed by atoms with van der Waals surface area (Å²) in [5, 5.41) is 0. The fourth-order valence-corrected chi connectivity index (χ4v) is 3.42. The second-order valence-corrected chi connectivity index (χ2v) is 6.12. The second-order valence-electron chi connectivity index (χ2n) is 4.41. The second kappa shape index (κ2) is 6.07. The average molecular weight is 414 g/mol. The maximum absolute atomic E-state index is 10.8. The molecular weight excluding hydrogens is 404 g/mol. The predicted molar refractivity (Wildman–Crippen MR) is 84.1 cm³/mol. The molecule has 0 aliphatic carbocycles. The molecule has 3 rings (SSSR count).